The first-order chi connectivity index (χ1) is 13.5. The zero-order valence-electron chi connectivity index (χ0n) is 15.4. The molecule has 148 valence electrons. The Labute approximate surface area is 161 Å². The van der Waals surface area contributed by atoms with E-state index in [1.165, 1.54) is 6.08 Å². The van der Waals surface area contributed by atoms with Gasteiger partial charge >= 0.3 is 0 Å². The largest absolute Gasteiger partial charge is 0.366 e. The van der Waals surface area contributed by atoms with Crippen LogP contribution in [-0.4, -0.2) is 63.0 Å². The SMILES string of the molecule is C=CC(=O)N1CCC(Nc2cnc3[nH]cc(C(=O)NC4CC(F)C4)c3n2)CC1. The lowest BCUT2D eigenvalue weighted by Crippen LogP contribution is -2.45. The summed E-state index contributed by atoms with van der Waals surface area (Å²) < 4.78 is 13.0. The summed E-state index contributed by atoms with van der Waals surface area (Å²) in [4.78, 5) is 37.8. The number of anilines is 1. The summed E-state index contributed by atoms with van der Waals surface area (Å²) >= 11 is 0. The monoisotopic (exact) mass is 386 g/mol. The molecule has 2 fully saturated rings. The minimum Gasteiger partial charge on any atom is -0.366 e. The lowest BCUT2D eigenvalue weighted by atomic mass is 9.90. The molecule has 9 heteroatoms. The summed E-state index contributed by atoms with van der Waals surface area (Å²) in [5.41, 5.74) is 1.41. The highest BCUT2D eigenvalue weighted by Crippen LogP contribution is 2.24. The van der Waals surface area contributed by atoms with Gasteiger partial charge in [-0.15, -0.1) is 0 Å². The van der Waals surface area contributed by atoms with E-state index in [2.05, 4.69) is 32.2 Å². The van der Waals surface area contributed by atoms with E-state index in [9.17, 15) is 14.0 Å². The van der Waals surface area contributed by atoms with Crippen molar-refractivity contribution in [1.29, 1.82) is 0 Å². The highest BCUT2D eigenvalue weighted by molar-refractivity contribution is 6.04. The molecule has 3 N–H and O–H groups in total. The lowest BCUT2D eigenvalue weighted by molar-refractivity contribution is -0.126. The van der Waals surface area contributed by atoms with Crippen LogP contribution in [0.15, 0.2) is 25.0 Å². The summed E-state index contributed by atoms with van der Waals surface area (Å²) in [6, 6.07) is 0.0541. The number of nitrogens with one attached hydrogen (secondary N) is 3. The van der Waals surface area contributed by atoms with Crippen molar-refractivity contribution < 1.29 is 14.0 Å². The minimum absolute atomic E-state index is 0.0480. The van der Waals surface area contributed by atoms with Gasteiger partial charge in [0.15, 0.2) is 5.65 Å². The molecule has 0 spiro atoms. The number of alkyl halides is 1. The number of fused-ring (bicyclic) bond motifs is 1. The van der Waals surface area contributed by atoms with Crippen LogP contribution in [0.4, 0.5) is 10.2 Å². The summed E-state index contributed by atoms with van der Waals surface area (Å²) in [6.07, 6.45) is 6.04. The Hall–Kier alpha value is -2.97. The fraction of sp³-hybridized carbons (Fsp3) is 0.474. The third-order valence-electron chi connectivity index (χ3n) is 5.37. The summed E-state index contributed by atoms with van der Waals surface area (Å²) in [6.45, 7) is 4.84. The number of hydrogen-bond acceptors (Lipinski definition) is 5. The Balaban J connectivity index is 1.42. The maximum absolute atomic E-state index is 13.0. The lowest BCUT2D eigenvalue weighted by Gasteiger charge is -2.31. The van der Waals surface area contributed by atoms with Crippen LogP contribution in [0.3, 0.4) is 0 Å². The van der Waals surface area contributed by atoms with Crippen molar-refractivity contribution in [1.82, 2.24) is 25.2 Å². The summed E-state index contributed by atoms with van der Waals surface area (Å²) in [5.74, 6) is 0.265. The van der Waals surface area contributed by atoms with Crippen LogP contribution in [0.1, 0.15) is 36.0 Å². The van der Waals surface area contributed by atoms with Crippen molar-refractivity contribution in [2.45, 2.75) is 43.9 Å². The first kappa shape index (κ1) is 18.4. The molecule has 2 amide bonds. The molecule has 8 nitrogen and oxygen atoms in total. The van der Waals surface area contributed by atoms with Crippen molar-refractivity contribution in [2.75, 3.05) is 18.4 Å². The number of carbonyl (C=O) groups is 2. The Bertz CT molecular complexity index is 899. The number of piperidine rings is 1. The van der Waals surface area contributed by atoms with Gasteiger partial charge in [0.2, 0.25) is 5.91 Å². The molecule has 0 aromatic carbocycles. The molecule has 2 aromatic rings. The molecule has 0 radical (unpaired) electrons. The van der Waals surface area contributed by atoms with Crippen LogP contribution < -0.4 is 10.6 Å². The number of carbonyl (C=O) groups excluding carboxylic acids is 2. The molecule has 1 aliphatic carbocycles. The maximum atomic E-state index is 13.0. The average Bonchev–Trinajstić information content (AvgIpc) is 3.10. The second-order valence-electron chi connectivity index (χ2n) is 7.34. The standard InChI is InChI=1S/C19H23FN6O2/c1-2-16(27)26-5-3-12(4-6-26)23-15-10-22-18-17(25-15)14(9-21-18)19(28)24-13-7-11(20)8-13/h2,9-13H,1,3-8H2,(H,21,22)(H,23,25)(H,24,28). The van der Waals surface area contributed by atoms with Gasteiger partial charge in [0, 0.05) is 31.4 Å². The second-order valence-corrected chi connectivity index (χ2v) is 7.34. The van der Waals surface area contributed by atoms with Crippen molar-refractivity contribution in [2.24, 2.45) is 0 Å². The third-order valence-corrected chi connectivity index (χ3v) is 5.37. The van der Waals surface area contributed by atoms with Gasteiger partial charge < -0.3 is 20.5 Å². The van der Waals surface area contributed by atoms with Crippen LogP contribution in [0.5, 0.6) is 0 Å². The van der Waals surface area contributed by atoms with Gasteiger partial charge in [-0.25, -0.2) is 14.4 Å². The molecule has 1 aliphatic heterocycles. The predicted octanol–water partition coefficient (Wildman–Crippen LogP) is 1.78. The molecule has 1 saturated heterocycles. The number of hydrogen-bond donors (Lipinski definition) is 3. The Morgan fingerprint density at radius 1 is 1.29 bits per heavy atom. The van der Waals surface area contributed by atoms with Crippen molar-refractivity contribution in [3.05, 3.63) is 30.6 Å². The van der Waals surface area contributed by atoms with E-state index >= 15 is 0 Å². The van der Waals surface area contributed by atoms with Gasteiger partial charge in [-0.3, -0.25) is 9.59 Å². The molecular weight excluding hydrogens is 363 g/mol. The van der Waals surface area contributed by atoms with Crippen LogP contribution in [0, 0.1) is 0 Å². The molecule has 28 heavy (non-hydrogen) atoms. The quantitative estimate of drug-likeness (QED) is 0.680. The predicted molar refractivity (Wildman–Crippen MR) is 103 cm³/mol. The molecule has 0 atom stereocenters. The minimum atomic E-state index is -0.822. The average molecular weight is 386 g/mol. The van der Waals surface area contributed by atoms with E-state index in [0.29, 0.717) is 48.5 Å². The fourth-order valence-corrected chi connectivity index (χ4v) is 3.65. The number of aromatic amines is 1. The summed E-state index contributed by atoms with van der Waals surface area (Å²) in [5, 5.41) is 6.17. The number of likely N-dealkylation sites (tertiary alicyclic amines) is 1. The van der Waals surface area contributed by atoms with Gasteiger partial charge in [0.1, 0.15) is 17.5 Å². The molecule has 3 heterocycles. The van der Waals surface area contributed by atoms with Crippen LogP contribution in [0.2, 0.25) is 0 Å². The van der Waals surface area contributed by atoms with Gasteiger partial charge in [-0.2, -0.15) is 0 Å². The van der Waals surface area contributed by atoms with Gasteiger partial charge in [0.05, 0.1) is 11.8 Å². The van der Waals surface area contributed by atoms with E-state index in [1.54, 1.807) is 17.3 Å². The first-order valence-corrected chi connectivity index (χ1v) is 9.50. The maximum Gasteiger partial charge on any atom is 0.255 e. The van der Waals surface area contributed by atoms with E-state index in [-0.39, 0.29) is 23.9 Å². The van der Waals surface area contributed by atoms with Crippen LogP contribution in [0.25, 0.3) is 11.2 Å². The van der Waals surface area contributed by atoms with Gasteiger partial charge in [-0.05, 0) is 31.8 Å². The smallest absolute Gasteiger partial charge is 0.255 e. The highest BCUT2D eigenvalue weighted by atomic mass is 19.1. The van der Waals surface area contributed by atoms with E-state index in [1.807, 2.05) is 0 Å². The Morgan fingerprint density at radius 2 is 2.04 bits per heavy atom. The Kier molecular flexibility index (Phi) is 4.97. The van der Waals surface area contributed by atoms with Crippen molar-refractivity contribution in [3.8, 4) is 0 Å². The molecule has 0 unspecified atom stereocenters. The molecule has 2 aromatic heterocycles. The van der Waals surface area contributed by atoms with Crippen molar-refractivity contribution in [3.63, 3.8) is 0 Å². The van der Waals surface area contributed by atoms with Crippen molar-refractivity contribution >= 4 is 28.8 Å². The van der Waals surface area contributed by atoms with Gasteiger partial charge in [-0.1, -0.05) is 6.58 Å². The van der Waals surface area contributed by atoms with Gasteiger partial charge in [0.25, 0.3) is 5.91 Å². The number of nitrogens with zero attached hydrogens (tertiary/aromatic N) is 3. The third kappa shape index (κ3) is 3.69. The van der Waals surface area contributed by atoms with E-state index in [0.717, 1.165) is 12.8 Å². The zero-order chi connectivity index (χ0) is 19.7. The normalized spacial score (nSPS) is 22.5. The number of H-pyrrole nitrogens is 1. The van der Waals surface area contributed by atoms with E-state index < -0.39 is 6.17 Å². The summed E-state index contributed by atoms with van der Waals surface area (Å²) in [7, 11) is 0. The number of amides is 2. The molecule has 2 aliphatic rings. The number of aromatic nitrogens is 3. The van der Waals surface area contributed by atoms with Crippen LogP contribution >= 0.6 is 0 Å². The highest BCUT2D eigenvalue weighted by Gasteiger charge is 2.31. The molecule has 1 saturated carbocycles. The molecule has 4 rings (SSSR count). The number of halogens is 1. The zero-order valence-corrected chi connectivity index (χ0v) is 15.4. The topological polar surface area (TPSA) is 103 Å². The second kappa shape index (κ2) is 7.57. The van der Waals surface area contributed by atoms with E-state index in [4.69, 9.17) is 0 Å². The Morgan fingerprint density at radius 3 is 2.71 bits per heavy atom. The number of rotatable bonds is 5. The molecular formula is C19H23FN6O2. The molecule has 0 bridgehead atoms. The van der Waals surface area contributed by atoms with Crippen LogP contribution in [-0.2, 0) is 4.79 Å². The first-order valence-electron chi connectivity index (χ1n) is 9.50. The fourth-order valence-electron chi connectivity index (χ4n) is 3.65.